The number of fused-ring (bicyclic) bond motifs is 1. The first-order valence-corrected chi connectivity index (χ1v) is 11.0. The van der Waals surface area contributed by atoms with Gasteiger partial charge in [0.2, 0.25) is 0 Å². The van der Waals surface area contributed by atoms with Crippen molar-refractivity contribution in [2.45, 2.75) is 12.2 Å². The van der Waals surface area contributed by atoms with Gasteiger partial charge >= 0.3 is 5.63 Å². The third-order valence-electron chi connectivity index (χ3n) is 5.96. The van der Waals surface area contributed by atoms with Gasteiger partial charge < -0.3 is 44.7 Å². The van der Waals surface area contributed by atoms with Gasteiger partial charge in [-0.25, -0.2) is 4.79 Å². The fourth-order valence-electron chi connectivity index (χ4n) is 3.93. The number of aromatic hydroxyl groups is 2. The van der Waals surface area contributed by atoms with Gasteiger partial charge in [0, 0.05) is 31.9 Å². The Hall–Kier alpha value is -4.29. The van der Waals surface area contributed by atoms with Gasteiger partial charge in [-0.05, 0) is 42.5 Å². The van der Waals surface area contributed by atoms with E-state index in [9.17, 15) is 34.8 Å². The molecule has 1 saturated heterocycles. The third-order valence-corrected chi connectivity index (χ3v) is 5.96. The monoisotopic (exact) mass is 499 g/mol. The van der Waals surface area contributed by atoms with Crippen molar-refractivity contribution in [2.24, 2.45) is 0 Å². The smallest absolute Gasteiger partial charge is 0.364 e. The van der Waals surface area contributed by atoms with Crippen molar-refractivity contribution in [3.05, 3.63) is 52.9 Å². The highest BCUT2D eigenvalue weighted by Gasteiger charge is 2.35. The van der Waals surface area contributed by atoms with Gasteiger partial charge in [0.05, 0.1) is 12.5 Å². The van der Waals surface area contributed by atoms with Gasteiger partial charge in [0.15, 0.2) is 23.6 Å². The summed E-state index contributed by atoms with van der Waals surface area (Å²) in [5.74, 6) is -2.36. The van der Waals surface area contributed by atoms with Gasteiger partial charge in [-0.15, -0.1) is 0 Å². The van der Waals surface area contributed by atoms with E-state index in [1.54, 1.807) is 7.11 Å². The molecule has 2 heterocycles. The maximum atomic E-state index is 12.7. The zero-order chi connectivity index (χ0) is 26.0. The molecular formula is C24H25N3O9. The Balaban J connectivity index is 1.39. The Morgan fingerprint density at radius 3 is 2.31 bits per heavy atom. The number of carbonyl (C=O) groups excluding carboxylic acids is 2. The van der Waals surface area contributed by atoms with Gasteiger partial charge in [0.1, 0.15) is 17.1 Å². The lowest BCUT2D eigenvalue weighted by molar-refractivity contribution is -0.151. The molecular weight excluding hydrogens is 474 g/mol. The van der Waals surface area contributed by atoms with Crippen molar-refractivity contribution >= 4 is 34.2 Å². The SMILES string of the molecule is COc1ccc(N2CCN(C(=O)[C@H](O)[C@@H](O)C(=O)Nc3c(O)c4cc(O)ccc4oc3=O)CC2)cc1. The van der Waals surface area contributed by atoms with Crippen molar-refractivity contribution in [3.8, 4) is 17.2 Å². The lowest BCUT2D eigenvalue weighted by Crippen LogP contribution is -2.55. The van der Waals surface area contributed by atoms with Crippen LogP contribution in [0.1, 0.15) is 0 Å². The number of ether oxygens (including phenoxy) is 1. The lowest BCUT2D eigenvalue weighted by Gasteiger charge is -2.37. The molecule has 12 nitrogen and oxygen atoms in total. The number of aliphatic hydroxyl groups excluding tert-OH is 2. The van der Waals surface area contributed by atoms with E-state index in [0.29, 0.717) is 13.1 Å². The summed E-state index contributed by atoms with van der Waals surface area (Å²) in [7, 11) is 1.57. The number of nitrogens with one attached hydrogen (secondary N) is 1. The van der Waals surface area contributed by atoms with E-state index in [2.05, 4.69) is 0 Å². The van der Waals surface area contributed by atoms with Crippen LogP contribution in [0.25, 0.3) is 11.0 Å². The van der Waals surface area contributed by atoms with Crippen LogP contribution in [-0.4, -0.2) is 82.6 Å². The first kappa shape index (κ1) is 24.8. The highest BCUT2D eigenvalue weighted by molar-refractivity contribution is 6.01. The summed E-state index contributed by atoms with van der Waals surface area (Å²) in [5.41, 5.74) is -0.936. The average Bonchev–Trinajstić information content (AvgIpc) is 2.90. The summed E-state index contributed by atoms with van der Waals surface area (Å²) in [6, 6.07) is 11.0. The number of piperazine rings is 1. The Labute approximate surface area is 204 Å². The molecule has 2 amide bonds. The molecule has 2 aromatic carbocycles. The number of amides is 2. The van der Waals surface area contributed by atoms with Crippen LogP contribution in [0.15, 0.2) is 51.7 Å². The standard InChI is InChI=1S/C24H25N3O9/c1-35-15-5-2-13(3-6-15)26-8-10-27(11-9-26)23(33)21(31)20(30)22(32)25-18-19(29)16-12-14(28)4-7-17(16)36-24(18)34/h2-7,12,20-21,28-31H,8-11H2,1H3,(H,25,32)/t20-,21-/m1/s1. The van der Waals surface area contributed by atoms with Crippen molar-refractivity contribution in [2.75, 3.05) is 43.5 Å². The number of carbonyl (C=O) groups is 2. The third kappa shape index (κ3) is 4.90. The second-order valence-electron chi connectivity index (χ2n) is 8.18. The normalized spacial score (nSPS) is 15.4. The first-order chi connectivity index (χ1) is 17.2. The first-order valence-electron chi connectivity index (χ1n) is 11.0. The summed E-state index contributed by atoms with van der Waals surface area (Å²) >= 11 is 0. The fraction of sp³-hybridized carbons (Fsp3) is 0.292. The van der Waals surface area contributed by atoms with E-state index in [4.69, 9.17) is 9.15 Å². The molecule has 0 saturated carbocycles. The van der Waals surface area contributed by atoms with E-state index >= 15 is 0 Å². The Morgan fingerprint density at radius 1 is 1.00 bits per heavy atom. The van der Waals surface area contributed by atoms with Crippen LogP contribution in [0.4, 0.5) is 11.4 Å². The van der Waals surface area contributed by atoms with Gasteiger partial charge in [0.25, 0.3) is 11.8 Å². The topological polar surface area (TPSA) is 173 Å². The Kier molecular flexibility index (Phi) is 6.99. The summed E-state index contributed by atoms with van der Waals surface area (Å²) in [6.45, 7) is 1.42. The molecule has 0 spiro atoms. The maximum absolute atomic E-state index is 12.7. The number of benzene rings is 2. The van der Waals surface area contributed by atoms with Crippen molar-refractivity contribution in [1.82, 2.24) is 4.90 Å². The number of rotatable bonds is 6. The minimum Gasteiger partial charge on any atom is -0.508 e. The molecule has 0 bridgehead atoms. The fourth-order valence-corrected chi connectivity index (χ4v) is 3.93. The van der Waals surface area contributed by atoms with Crippen LogP contribution in [0.2, 0.25) is 0 Å². The minimum absolute atomic E-state index is 0.0437. The summed E-state index contributed by atoms with van der Waals surface area (Å²) in [4.78, 5) is 40.8. The number of hydrogen-bond donors (Lipinski definition) is 5. The van der Waals surface area contributed by atoms with Crippen LogP contribution >= 0.6 is 0 Å². The summed E-state index contributed by atoms with van der Waals surface area (Å²) in [6.07, 6.45) is -4.33. The number of hydrogen-bond acceptors (Lipinski definition) is 10. The minimum atomic E-state index is -2.23. The molecule has 1 fully saturated rings. The zero-order valence-corrected chi connectivity index (χ0v) is 19.2. The highest BCUT2D eigenvalue weighted by atomic mass is 16.5. The molecule has 12 heteroatoms. The number of anilines is 2. The van der Waals surface area contributed by atoms with E-state index in [1.807, 2.05) is 34.5 Å². The number of phenolic OH excluding ortho intramolecular Hbond substituents is 1. The van der Waals surface area contributed by atoms with E-state index < -0.39 is 41.1 Å². The van der Waals surface area contributed by atoms with Crippen molar-refractivity contribution in [3.63, 3.8) is 0 Å². The number of methoxy groups -OCH3 is 1. The maximum Gasteiger partial charge on any atom is 0.364 e. The van der Waals surface area contributed by atoms with Crippen LogP contribution in [-0.2, 0) is 9.59 Å². The molecule has 1 aliphatic rings. The molecule has 2 atom stereocenters. The largest absolute Gasteiger partial charge is 0.508 e. The molecule has 36 heavy (non-hydrogen) atoms. The van der Waals surface area contributed by atoms with Crippen molar-refractivity contribution in [1.29, 1.82) is 0 Å². The number of phenols is 1. The van der Waals surface area contributed by atoms with Gasteiger partial charge in [-0.3, -0.25) is 9.59 Å². The second-order valence-corrected chi connectivity index (χ2v) is 8.18. The summed E-state index contributed by atoms with van der Waals surface area (Å²) < 4.78 is 10.1. The molecule has 1 aliphatic heterocycles. The van der Waals surface area contributed by atoms with Crippen molar-refractivity contribution < 1.29 is 39.2 Å². The molecule has 190 valence electrons. The molecule has 3 aromatic rings. The zero-order valence-electron chi connectivity index (χ0n) is 19.2. The Morgan fingerprint density at radius 2 is 1.67 bits per heavy atom. The average molecular weight is 499 g/mol. The number of nitrogens with zero attached hydrogens (tertiary/aromatic N) is 2. The molecule has 4 rings (SSSR count). The van der Waals surface area contributed by atoms with Gasteiger partial charge in [-0.2, -0.15) is 0 Å². The second kappa shape index (κ2) is 10.1. The van der Waals surface area contributed by atoms with Crippen LogP contribution in [0.3, 0.4) is 0 Å². The molecule has 0 aliphatic carbocycles. The molecule has 0 unspecified atom stereocenters. The highest BCUT2D eigenvalue weighted by Crippen LogP contribution is 2.32. The van der Waals surface area contributed by atoms with E-state index in [1.165, 1.54) is 17.0 Å². The Bertz CT molecular complexity index is 1330. The molecule has 5 N–H and O–H groups in total. The quantitative estimate of drug-likeness (QED) is 0.295. The van der Waals surface area contributed by atoms with Gasteiger partial charge in [-0.1, -0.05) is 0 Å². The van der Waals surface area contributed by atoms with E-state index in [0.717, 1.165) is 17.5 Å². The lowest BCUT2D eigenvalue weighted by atomic mass is 10.1. The summed E-state index contributed by atoms with van der Waals surface area (Å²) in [5, 5.41) is 42.5. The van der Waals surface area contributed by atoms with E-state index in [-0.39, 0.29) is 29.8 Å². The van der Waals surface area contributed by atoms with Crippen LogP contribution in [0.5, 0.6) is 17.2 Å². The predicted molar refractivity (Wildman–Crippen MR) is 128 cm³/mol. The number of aliphatic hydroxyl groups is 2. The molecule has 1 aromatic heterocycles. The van der Waals surface area contributed by atoms with Crippen LogP contribution < -0.4 is 20.6 Å². The van der Waals surface area contributed by atoms with Crippen LogP contribution in [0, 0.1) is 0 Å². The molecule has 0 radical (unpaired) electrons. The predicted octanol–water partition coefficient (Wildman–Crippen LogP) is 0.222.